The second kappa shape index (κ2) is 11.6. The molecule has 0 aliphatic carbocycles. The van der Waals surface area contributed by atoms with Crippen molar-refractivity contribution in [2.75, 3.05) is 25.5 Å². The Morgan fingerprint density at radius 3 is 2.77 bits per heavy atom. The lowest BCUT2D eigenvalue weighted by atomic mass is 10.1. The van der Waals surface area contributed by atoms with E-state index in [9.17, 15) is 4.39 Å². The fourth-order valence-electron chi connectivity index (χ4n) is 3.34. The molecule has 35 heavy (non-hydrogen) atoms. The summed E-state index contributed by atoms with van der Waals surface area (Å²) in [6, 6.07) is 17.4. The smallest absolute Gasteiger partial charge is 0.141 e. The molecule has 1 heterocycles. The van der Waals surface area contributed by atoms with Crippen molar-refractivity contribution in [2.45, 2.75) is 13.5 Å². The first-order valence-corrected chi connectivity index (χ1v) is 11.4. The molecule has 0 unspecified atom stereocenters. The molecule has 0 saturated heterocycles. The van der Waals surface area contributed by atoms with Crippen LogP contribution in [0.2, 0.25) is 5.02 Å². The molecule has 0 aliphatic heterocycles. The lowest BCUT2D eigenvalue weighted by Crippen LogP contribution is -2.13. The standard InChI is InChI=1S/C26H25ClFN5O2/c1-17(33-35-11-10-29-2)19-6-8-24-22(13-19)26(31-16-30-24)32-21-7-9-25(23(27)14-21)34-15-18-4-3-5-20(28)12-18/h3-9,12-14,16,29H,10-11,15H2,1-2H3,(H,30,31,32)/b33-17+. The van der Waals surface area contributed by atoms with Gasteiger partial charge < -0.3 is 20.2 Å². The number of fused-ring (bicyclic) bond motifs is 1. The number of benzene rings is 3. The van der Waals surface area contributed by atoms with Crippen LogP contribution in [0.25, 0.3) is 10.9 Å². The Hall–Kier alpha value is -3.75. The van der Waals surface area contributed by atoms with E-state index >= 15 is 0 Å². The lowest BCUT2D eigenvalue weighted by molar-refractivity contribution is 0.147. The van der Waals surface area contributed by atoms with Crippen LogP contribution in [0, 0.1) is 5.82 Å². The molecule has 3 aromatic carbocycles. The predicted molar refractivity (Wildman–Crippen MR) is 137 cm³/mol. The molecule has 0 saturated carbocycles. The molecule has 7 nitrogen and oxygen atoms in total. The second-order valence-corrected chi connectivity index (χ2v) is 8.16. The molecule has 4 aromatic rings. The van der Waals surface area contributed by atoms with E-state index in [1.54, 1.807) is 24.3 Å². The van der Waals surface area contributed by atoms with Gasteiger partial charge in [0, 0.05) is 17.6 Å². The average Bonchev–Trinajstić information content (AvgIpc) is 2.86. The highest BCUT2D eigenvalue weighted by Crippen LogP contribution is 2.31. The molecule has 0 atom stereocenters. The quantitative estimate of drug-likeness (QED) is 0.167. The van der Waals surface area contributed by atoms with Gasteiger partial charge in [-0.2, -0.15) is 0 Å². The van der Waals surface area contributed by atoms with Crippen molar-refractivity contribution in [1.29, 1.82) is 0 Å². The van der Waals surface area contributed by atoms with Crippen LogP contribution in [0.1, 0.15) is 18.1 Å². The van der Waals surface area contributed by atoms with Gasteiger partial charge in [0.25, 0.3) is 0 Å². The van der Waals surface area contributed by atoms with Crippen LogP contribution in [0.15, 0.2) is 72.1 Å². The van der Waals surface area contributed by atoms with E-state index in [1.807, 2.05) is 38.2 Å². The van der Waals surface area contributed by atoms with Crippen LogP contribution < -0.4 is 15.4 Å². The first-order valence-electron chi connectivity index (χ1n) is 11.0. The van der Waals surface area contributed by atoms with Crippen molar-refractivity contribution < 1.29 is 14.0 Å². The van der Waals surface area contributed by atoms with E-state index in [0.717, 1.165) is 33.4 Å². The van der Waals surface area contributed by atoms with Crippen LogP contribution in [0.4, 0.5) is 15.9 Å². The maximum absolute atomic E-state index is 13.4. The van der Waals surface area contributed by atoms with E-state index in [-0.39, 0.29) is 12.4 Å². The molecule has 4 rings (SSSR count). The van der Waals surface area contributed by atoms with Crippen molar-refractivity contribution in [2.24, 2.45) is 5.16 Å². The van der Waals surface area contributed by atoms with E-state index in [1.165, 1.54) is 18.5 Å². The number of nitrogens with zero attached hydrogens (tertiary/aromatic N) is 3. The SMILES string of the molecule is CNCCO/N=C(\C)c1ccc2ncnc(Nc3ccc(OCc4cccc(F)c4)c(Cl)c3)c2c1. The maximum Gasteiger partial charge on any atom is 0.141 e. The van der Waals surface area contributed by atoms with Crippen LogP contribution in [0.3, 0.4) is 0 Å². The number of nitrogens with one attached hydrogen (secondary N) is 2. The van der Waals surface area contributed by atoms with Gasteiger partial charge in [-0.3, -0.25) is 0 Å². The molecule has 0 amide bonds. The summed E-state index contributed by atoms with van der Waals surface area (Å²) in [6.07, 6.45) is 1.50. The zero-order chi connectivity index (χ0) is 24.6. The summed E-state index contributed by atoms with van der Waals surface area (Å²) < 4.78 is 19.1. The van der Waals surface area contributed by atoms with Gasteiger partial charge in [-0.1, -0.05) is 35.0 Å². The first kappa shape index (κ1) is 24.4. The Morgan fingerprint density at radius 2 is 1.97 bits per heavy atom. The largest absolute Gasteiger partial charge is 0.487 e. The normalized spacial score (nSPS) is 11.5. The van der Waals surface area contributed by atoms with E-state index < -0.39 is 0 Å². The van der Waals surface area contributed by atoms with Gasteiger partial charge in [-0.05, 0) is 67.6 Å². The van der Waals surface area contributed by atoms with Crippen molar-refractivity contribution >= 4 is 39.7 Å². The van der Waals surface area contributed by atoms with Crippen molar-refractivity contribution in [3.63, 3.8) is 0 Å². The summed E-state index contributed by atoms with van der Waals surface area (Å²) >= 11 is 6.44. The number of ether oxygens (including phenoxy) is 1. The Kier molecular flexibility index (Phi) is 8.07. The summed E-state index contributed by atoms with van der Waals surface area (Å²) in [4.78, 5) is 14.1. The average molecular weight is 494 g/mol. The molecule has 0 fully saturated rings. The van der Waals surface area contributed by atoms with Gasteiger partial charge in [-0.25, -0.2) is 14.4 Å². The monoisotopic (exact) mass is 493 g/mol. The van der Waals surface area contributed by atoms with E-state index in [4.69, 9.17) is 21.2 Å². The van der Waals surface area contributed by atoms with Crippen LogP contribution in [-0.2, 0) is 11.4 Å². The third-order valence-corrected chi connectivity index (χ3v) is 5.47. The summed E-state index contributed by atoms with van der Waals surface area (Å²) in [5, 5.41) is 11.7. The molecule has 0 aliphatic rings. The zero-order valence-corrected chi connectivity index (χ0v) is 20.1. The fourth-order valence-corrected chi connectivity index (χ4v) is 3.58. The molecule has 1 aromatic heterocycles. The van der Waals surface area contributed by atoms with Crippen molar-refractivity contribution in [3.05, 3.63) is 89.0 Å². The highest BCUT2D eigenvalue weighted by atomic mass is 35.5. The number of rotatable bonds is 10. The van der Waals surface area contributed by atoms with Crippen LogP contribution in [0.5, 0.6) is 5.75 Å². The molecular formula is C26H25ClFN5O2. The van der Waals surface area contributed by atoms with Gasteiger partial charge in [-0.15, -0.1) is 0 Å². The van der Waals surface area contributed by atoms with E-state index in [0.29, 0.717) is 29.7 Å². The Morgan fingerprint density at radius 1 is 1.09 bits per heavy atom. The Labute approximate surface area is 208 Å². The maximum atomic E-state index is 13.4. The number of likely N-dealkylation sites (N-methyl/N-ethyl adjacent to an activating group) is 1. The predicted octanol–water partition coefficient (Wildman–Crippen LogP) is 5.70. The van der Waals surface area contributed by atoms with E-state index in [2.05, 4.69) is 25.8 Å². The fraction of sp³-hybridized carbons (Fsp3) is 0.192. The summed E-state index contributed by atoms with van der Waals surface area (Å²) in [5.41, 5.74) is 3.90. The third kappa shape index (κ3) is 6.44. The van der Waals surface area contributed by atoms with Gasteiger partial charge in [0.2, 0.25) is 0 Å². The zero-order valence-electron chi connectivity index (χ0n) is 19.4. The van der Waals surface area contributed by atoms with Gasteiger partial charge in [0.1, 0.15) is 36.9 Å². The minimum atomic E-state index is -0.306. The topological polar surface area (TPSA) is 80.7 Å². The lowest BCUT2D eigenvalue weighted by Gasteiger charge is -2.12. The van der Waals surface area contributed by atoms with Gasteiger partial charge in [0.15, 0.2) is 0 Å². The number of oxime groups is 1. The Bertz CT molecular complexity index is 1350. The summed E-state index contributed by atoms with van der Waals surface area (Å²) in [6.45, 7) is 3.30. The third-order valence-electron chi connectivity index (χ3n) is 5.18. The molecule has 2 N–H and O–H groups in total. The summed E-state index contributed by atoms with van der Waals surface area (Å²) in [7, 11) is 1.86. The summed E-state index contributed by atoms with van der Waals surface area (Å²) in [5.74, 6) is 0.825. The molecule has 9 heteroatoms. The Balaban J connectivity index is 1.51. The molecule has 0 bridgehead atoms. The first-order chi connectivity index (χ1) is 17.0. The number of aromatic nitrogens is 2. The van der Waals surface area contributed by atoms with Crippen LogP contribution in [-0.4, -0.2) is 35.9 Å². The molecule has 0 radical (unpaired) electrons. The molecular weight excluding hydrogens is 469 g/mol. The highest BCUT2D eigenvalue weighted by molar-refractivity contribution is 6.32. The number of halogens is 2. The van der Waals surface area contributed by atoms with Crippen molar-refractivity contribution in [1.82, 2.24) is 15.3 Å². The minimum Gasteiger partial charge on any atom is -0.487 e. The van der Waals surface area contributed by atoms with Gasteiger partial charge >= 0.3 is 0 Å². The number of anilines is 2. The number of hydrogen-bond donors (Lipinski definition) is 2. The highest BCUT2D eigenvalue weighted by Gasteiger charge is 2.10. The second-order valence-electron chi connectivity index (χ2n) is 7.76. The van der Waals surface area contributed by atoms with Crippen molar-refractivity contribution in [3.8, 4) is 5.75 Å². The van der Waals surface area contributed by atoms with Crippen LogP contribution >= 0.6 is 11.6 Å². The van der Waals surface area contributed by atoms with Gasteiger partial charge in [0.05, 0.1) is 16.3 Å². The molecule has 0 spiro atoms. The molecule has 180 valence electrons. The minimum absolute atomic E-state index is 0.211. The number of hydrogen-bond acceptors (Lipinski definition) is 7.